The van der Waals surface area contributed by atoms with Crippen LogP contribution in [0.1, 0.15) is 0 Å². The number of rotatable bonds is 4. The van der Waals surface area contributed by atoms with E-state index in [0.29, 0.717) is 0 Å². The summed E-state index contributed by atoms with van der Waals surface area (Å²) in [5, 5.41) is 15.8. The van der Waals surface area contributed by atoms with Crippen LogP contribution in [0.3, 0.4) is 0 Å². The van der Waals surface area contributed by atoms with Gasteiger partial charge >= 0.3 is 335 Å². The molecule has 0 N–H and O–H groups in total. The van der Waals surface area contributed by atoms with Crippen molar-refractivity contribution in [3.63, 3.8) is 0 Å². The van der Waals surface area contributed by atoms with E-state index in [0.717, 1.165) is 0 Å². The molecule has 0 bridgehead atoms. The van der Waals surface area contributed by atoms with E-state index in [1.165, 1.54) is 127 Å². The van der Waals surface area contributed by atoms with Crippen molar-refractivity contribution in [2.75, 3.05) is 0 Å². The predicted octanol–water partition coefficient (Wildman–Crippen LogP) is 16.7. The van der Waals surface area contributed by atoms with Gasteiger partial charge in [0.2, 0.25) is 0 Å². The predicted molar refractivity (Wildman–Crippen MR) is 263 cm³/mol. The van der Waals surface area contributed by atoms with Crippen LogP contribution in [0.4, 0.5) is 0 Å². The molecule has 0 aliphatic rings. The van der Waals surface area contributed by atoms with Gasteiger partial charge in [-0.25, -0.2) is 0 Å². The maximum absolute atomic E-state index is 2.50. The molecule has 2 aromatic heterocycles. The van der Waals surface area contributed by atoms with Gasteiger partial charge in [-0.3, -0.25) is 0 Å². The molecule has 13 aromatic rings. The number of hydrogen-bond donors (Lipinski definition) is 0. The Morgan fingerprint density at radius 2 is 0.733 bits per heavy atom. The Balaban J connectivity index is 1.01. The summed E-state index contributed by atoms with van der Waals surface area (Å²) < 4.78 is 5.59. The van der Waals surface area contributed by atoms with Crippen LogP contribution in [0, 0.1) is 0 Å². The van der Waals surface area contributed by atoms with Gasteiger partial charge in [0.15, 0.2) is 0 Å². The minimum absolute atomic E-state index is 0.200. The van der Waals surface area contributed by atoms with Gasteiger partial charge in [0.05, 0.1) is 0 Å². The van der Waals surface area contributed by atoms with E-state index in [9.17, 15) is 0 Å². The van der Waals surface area contributed by atoms with Crippen LogP contribution in [0.2, 0.25) is 0 Å². The molecule has 0 atom stereocenters. The van der Waals surface area contributed by atoms with Crippen LogP contribution in [0.5, 0.6) is 0 Å². The first kappa shape index (κ1) is 34.1. The Morgan fingerprint density at radius 3 is 1.33 bits per heavy atom. The number of benzene rings is 11. The molecule has 0 aliphatic heterocycles. The molecule has 0 nitrogen and oxygen atoms in total. The Bertz CT molecular complexity index is 3770. The van der Waals surface area contributed by atoms with Gasteiger partial charge in [0.1, 0.15) is 0 Å². The van der Waals surface area contributed by atoms with Crippen LogP contribution < -0.4 is 0 Å². The molecule has 0 spiro atoms. The Kier molecular flexibility index (Phi) is 7.59. The van der Waals surface area contributed by atoms with Crippen LogP contribution in [-0.2, 0) is 0 Å². The molecule has 278 valence electrons. The first-order chi connectivity index (χ1) is 29.8. The molecular formula is C58H34SSe. The van der Waals surface area contributed by atoms with Crippen LogP contribution in [0.25, 0.3) is 127 Å². The number of fused-ring (bicyclic) bond motifs is 10. The maximum atomic E-state index is 2.50. The van der Waals surface area contributed by atoms with E-state index in [1.54, 1.807) is 0 Å². The zero-order valence-electron chi connectivity index (χ0n) is 32.4. The van der Waals surface area contributed by atoms with E-state index in [-0.39, 0.29) is 14.5 Å². The second-order valence-electron chi connectivity index (χ2n) is 15.9. The Morgan fingerprint density at radius 1 is 0.267 bits per heavy atom. The fourth-order valence-corrected chi connectivity index (χ4v) is 13.7. The fourth-order valence-electron chi connectivity index (χ4n) is 10.1. The van der Waals surface area contributed by atoms with Gasteiger partial charge in [-0.15, -0.1) is 0 Å². The summed E-state index contributed by atoms with van der Waals surface area (Å²) in [5.74, 6) is 0. The zero-order chi connectivity index (χ0) is 39.3. The number of thiophene rings is 1. The van der Waals surface area contributed by atoms with Gasteiger partial charge < -0.3 is 0 Å². The summed E-state index contributed by atoms with van der Waals surface area (Å²) >= 11 is 2.11. The summed E-state index contributed by atoms with van der Waals surface area (Å²) in [5.41, 5.74) is 10.4. The van der Waals surface area contributed by atoms with Crippen LogP contribution in [0.15, 0.2) is 206 Å². The molecule has 0 saturated heterocycles. The fraction of sp³-hybridized carbons (Fsp3) is 0. The normalized spacial score (nSPS) is 12.0. The van der Waals surface area contributed by atoms with E-state index in [1.807, 2.05) is 11.3 Å². The van der Waals surface area contributed by atoms with Crippen molar-refractivity contribution in [3.8, 4) is 44.5 Å². The van der Waals surface area contributed by atoms with Crippen LogP contribution in [-0.4, -0.2) is 14.5 Å². The molecule has 0 unspecified atom stereocenters. The standard InChI is InChI=1S/C58H34SSe/c1-2-15-35(16-3-1)54-40-18-4-6-20-42(40)56(43-21-7-5-19-41(43)54)37-29-31-39-50-33-36(30-32-52(50)60-53(39)34-37)55-44-22-8-10-24-46(44)57(47-25-11-9-23-45(47)55)49-27-14-26-48-38-17-12-13-28-51(38)59-58(48)49/h1-34H. The average Bonchev–Trinajstić information content (AvgIpc) is 3.88. The first-order valence-corrected chi connectivity index (χ1v) is 23.1. The van der Waals surface area contributed by atoms with E-state index < -0.39 is 0 Å². The Labute approximate surface area is 357 Å². The molecular weight excluding hydrogens is 808 g/mol. The van der Waals surface area contributed by atoms with Gasteiger partial charge in [-0.2, -0.15) is 0 Å². The molecule has 60 heavy (non-hydrogen) atoms. The number of hydrogen-bond acceptors (Lipinski definition) is 1. The van der Waals surface area contributed by atoms with Crippen molar-refractivity contribution in [2.24, 2.45) is 0 Å². The van der Waals surface area contributed by atoms with Crippen molar-refractivity contribution in [1.82, 2.24) is 0 Å². The van der Waals surface area contributed by atoms with Crippen molar-refractivity contribution in [2.45, 2.75) is 0 Å². The molecule has 2 heteroatoms. The topological polar surface area (TPSA) is 0 Å². The van der Waals surface area contributed by atoms with Gasteiger partial charge in [-0.1, -0.05) is 18.2 Å². The quantitative estimate of drug-likeness (QED) is 0.122. The van der Waals surface area contributed by atoms with Gasteiger partial charge in [0.25, 0.3) is 0 Å². The van der Waals surface area contributed by atoms with Crippen molar-refractivity contribution in [3.05, 3.63) is 206 Å². The summed E-state index contributed by atoms with van der Waals surface area (Å²) in [4.78, 5) is 0. The molecule has 0 amide bonds. The first-order valence-electron chi connectivity index (χ1n) is 20.6. The van der Waals surface area contributed by atoms with Gasteiger partial charge in [0, 0.05) is 0 Å². The third-order valence-electron chi connectivity index (χ3n) is 12.6. The van der Waals surface area contributed by atoms with Crippen molar-refractivity contribution < 1.29 is 0 Å². The molecule has 0 saturated carbocycles. The average molecular weight is 842 g/mol. The monoisotopic (exact) mass is 842 g/mol. The molecule has 0 radical (unpaired) electrons. The summed E-state index contributed by atoms with van der Waals surface area (Å²) in [6.45, 7) is 0. The molecule has 11 aromatic carbocycles. The van der Waals surface area contributed by atoms with E-state index in [2.05, 4.69) is 206 Å². The zero-order valence-corrected chi connectivity index (χ0v) is 35.0. The van der Waals surface area contributed by atoms with Crippen molar-refractivity contribution >= 4 is 108 Å². The molecule has 0 fully saturated rings. The molecule has 13 rings (SSSR count). The van der Waals surface area contributed by atoms with E-state index in [4.69, 9.17) is 0 Å². The molecule has 0 aliphatic carbocycles. The SMILES string of the molecule is c1ccc(-c2c3ccccc3c(-c3ccc4c(c3)[se]c3ccc(-c5c6ccccc6c(-c6cccc7c6sc6ccccc67)c6ccccc56)cc34)c3ccccc23)cc1. The third kappa shape index (κ3) is 5.03. The third-order valence-corrected chi connectivity index (χ3v) is 16.2. The summed E-state index contributed by atoms with van der Waals surface area (Å²) in [6.07, 6.45) is 0. The van der Waals surface area contributed by atoms with Crippen LogP contribution >= 0.6 is 11.3 Å². The minimum atomic E-state index is 0.200. The van der Waals surface area contributed by atoms with E-state index >= 15 is 0 Å². The summed E-state index contributed by atoms with van der Waals surface area (Å²) in [6, 6.07) is 77.2. The second kappa shape index (κ2) is 13.4. The second-order valence-corrected chi connectivity index (χ2v) is 19.2. The Hall–Kier alpha value is -6.80. The van der Waals surface area contributed by atoms with Crippen molar-refractivity contribution in [1.29, 1.82) is 0 Å². The van der Waals surface area contributed by atoms with Gasteiger partial charge in [-0.05, 0) is 6.07 Å². The summed E-state index contributed by atoms with van der Waals surface area (Å²) in [7, 11) is 0. The molecule has 2 heterocycles.